The zero-order valence-corrected chi connectivity index (χ0v) is 24.9. The number of carbonyl (C=O) groups is 4. The lowest BCUT2D eigenvalue weighted by Crippen LogP contribution is -2.03. The van der Waals surface area contributed by atoms with Crippen LogP contribution in [0.15, 0.2) is 72.8 Å². The van der Waals surface area contributed by atoms with Crippen molar-refractivity contribution in [1.82, 2.24) is 0 Å². The molecule has 228 valence electrons. The number of unbranched alkanes of at least 4 members (excludes halogenated alkanes) is 4. The van der Waals surface area contributed by atoms with E-state index < -0.39 is 11.9 Å². The molecule has 0 aromatic heterocycles. The minimum absolute atomic E-state index is 0.335. The van der Waals surface area contributed by atoms with Gasteiger partial charge in [-0.15, -0.1) is 0 Å². The van der Waals surface area contributed by atoms with Crippen molar-refractivity contribution in [2.75, 3.05) is 26.4 Å². The highest BCUT2D eigenvalue weighted by atomic mass is 16.5. The summed E-state index contributed by atoms with van der Waals surface area (Å²) in [5.74, 6) is -1.56. The van der Waals surface area contributed by atoms with Crippen molar-refractivity contribution in [3.8, 4) is 0 Å². The molecule has 0 aliphatic heterocycles. The molecule has 0 saturated heterocycles. The lowest BCUT2D eigenvalue weighted by Gasteiger charge is -2.04. The molecule has 0 N–H and O–H groups in total. The second-order valence-electron chi connectivity index (χ2n) is 9.27. The third-order valence-electron chi connectivity index (χ3n) is 5.87. The highest BCUT2D eigenvalue weighted by Gasteiger charge is 2.01. The molecule has 0 radical (unpaired) electrons. The van der Waals surface area contributed by atoms with E-state index in [1.807, 2.05) is 48.5 Å². The fourth-order valence-corrected chi connectivity index (χ4v) is 3.65. The van der Waals surface area contributed by atoms with Crippen LogP contribution in [0.4, 0.5) is 0 Å². The van der Waals surface area contributed by atoms with Crippen molar-refractivity contribution in [3.05, 3.63) is 95.1 Å². The number of hydrogen-bond donors (Lipinski definition) is 0. The van der Waals surface area contributed by atoms with E-state index in [4.69, 9.17) is 18.9 Å². The Morgan fingerprint density at radius 2 is 0.698 bits per heavy atom. The van der Waals surface area contributed by atoms with Gasteiger partial charge < -0.3 is 18.9 Å². The molecule has 0 bridgehead atoms. The van der Waals surface area contributed by atoms with Gasteiger partial charge in [-0.25, -0.2) is 19.2 Å². The average molecular weight is 589 g/mol. The van der Waals surface area contributed by atoms with Gasteiger partial charge in [0.25, 0.3) is 0 Å². The lowest BCUT2D eigenvalue weighted by molar-refractivity contribution is -0.138. The van der Waals surface area contributed by atoms with E-state index >= 15 is 0 Å². The van der Waals surface area contributed by atoms with Gasteiger partial charge in [-0.1, -0.05) is 67.8 Å². The van der Waals surface area contributed by atoms with E-state index in [0.29, 0.717) is 26.4 Å². The second kappa shape index (κ2) is 21.1. The Morgan fingerprint density at radius 3 is 0.977 bits per heavy atom. The molecule has 43 heavy (non-hydrogen) atoms. The fourth-order valence-electron chi connectivity index (χ4n) is 3.65. The Morgan fingerprint density at radius 1 is 0.442 bits per heavy atom. The molecule has 2 rings (SSSR count). The van der Waals surface area contributed by atoms with Crippen molar-refractivity contribution >= 4 is 48.2 Å². The molecule has 0 amide bonds. The maximum Gasteiger partial charge on any atom is 0.330 e. The van der Waals surface area contributed by atoms with E-state index in [2.05, 4.69) is 0 Å². The summed E-state index contributed by atoms with van der Waals surface area (Å²) in [6.07, 6.45) is 16.6. The van der Waals surface area contributed by atoms with Gasteiger partial charge >= 0.3 is 23.9 Å². The molecular formula is C35H40O8. The van der Waals surface area contributed by atoms with E-state index in [9.17, 15) is 19.2 Å². The molecule has 8 nitrogen and oxygen atoms in total. The van der Waals surface area contributed by atoms with Gasteiger partial charge in [0.05, 0.1) is 26.4 Å². The summed E-state index contributed by atoms with van der Waals surface area (Å²) >= 11 is 0. The molecule has 0 aliphatic rings. The number of carbonyl (C=O) groups excluding carboxylic acids is 4. The van der Waals surface area contributed by atoms with Crippen molar-refractivity contribution in [2.24, 2.45) is 0 Å². The van der Waals surface area contributed by atoms with E-state index in [1.165, 1.54) is 24.3 Å². The third kappa shape index (κ3) is 16.3. The van der Waals surface area contributed by atoms with Crippen molar-refractivity contribution in [2.45, 2.75) is 46.0 Å². The molecule has 0 saturated carbocycles. The van der Waals surface area contributed by atoms with Crippen LogP contribution in [-0.2, 0) is 38.1 Å². The number of ether oxygens (including phenoxy) is 4. The zero-order chi connectivity index (χ0) is 31.1. The molecule has 0 spiro atoms. The van der Waals surface area contributed by atoms with Gasteiger partial charge in [0.1, 0.15) is 0 Å². The number of esters is 4. The Kier molecular flexibility index (Phi) is 16.9. The first-order valence-corrected chi connectivity index (χ1v) is 14.5. The van der Waals surface area contributed by atoms with Gasteiger partial charge in [0.2, 0.25) is 0 Å². The predicted molar refractivity (Wildman–Crippen MR) is 167 cm³/mol. The summed E-state index contributed by atoms with van der Waals surface area (Å²) in [6, 6.07) is 14.7. The topological polar surface area (TPSA) is 105 Å². The molecule has 0 heterocycles. The van der Waals surface area contributed by atoms with Gasteiger partial charge in [-0.2, -0.15) is 0 Å². The first-order valence-electron chi connectivity index (χ1n) is 14.5. The van der Waals surface area contributed by atoms with Crippen LogP contribution < -0.4 is 0 Å². The Bertz CT molecular complexity index is 1170. The molecule has 8 heteroatoms. The van der Waals surface area contributed by atoms with Crippen molar-refractivity contribution in [1.29, 1.82) is 0 Å². The third-order valence-corrected chi connectivity index (χ3v) is 5.87. The summed E-state index contributed by atoms with van der Waals surface area (Å²) < 4.78 is 20.2. The van der Waals surface area contributed by atoms with Crippen LogP contribution in [0.3, 0.4) is 0 Å². The largest absolute Gasteiger partial charge is 0.463 e. The van der Waals surface area contributed by atoms with Gasteiger partial charge in [-0.3, -0.25) is 0 Å². The number of benzene rings is 2. The van der Waals surface area contributed by atoms with Crippen LogP contribution in [-0.4, -0.2) is 50.3 Å². The summed E-state index contributed by atoms with van der Waals surface area (Å²) in [4.78, 5) is 46.6. The van der Waals surface area contributed by atoms with Crippen LogP contribution in [0.2, 0.25) is 0 Å². The highest BCUT2D eigenvalue weighted by Crippen LogP contribution is 2.10. The molecule has 2 aromatic carbocycles. The summed E-state index contributed by atoms with van der Waals surface area (Å²) in [5.41, 5.74) is 3.39. The first kappa shape index (κ1) is 34.5. The summed E-state index contributed by atoms with van der Waals surface area (Å²) in [6.45, 7) is 4.88. The van der Waals surface area contributed by atoms with Crippen LogP contribution in [0, 0.1) is 0 Å². The van der Waals surface area contributed by atoms with Crippen LogP contribution >= 0.6 is 0 Å². The number of rotatable bonds is 18. The maximum absolute atomic E-state index is 11.9. The molecular weight excluding hydrogens is 548 g/mol. The zero-order valence-electron chi connectivity index (χ0n) is 24.9. The van der Waals surface area contributed by atoms with E-state index in [-0.39, 0.29) is 11.9 Å². The highest BCUT2D eigenvalue weighted by molar-refractivity contribution is 5.89. The molecule has 0 unspecified atom stereocenters. The van der Waals surface area contributed by atoms with Gasteiger partial charge in [-0.05, 0) is 73.2 Å². The van der Waals surface area contributed by atoms with Crippen LogP contribution in [0.5, 0.6) is 0 Å². The summed E-state index contributed by atoms with van der Waals surface area (Å²) in [7, 11) is 0. The monoisotopic (exact) mass is 588 g/mol. The Balaban J connectivity index is 1.52. The minimum Gasteiger partial charge on any atom is -0.463 e. The molecule has 0 fully saturated rings. The second-order valence-corrected chi connectivity index (χ2v) is 9.27. The minimum atomic E-state index is -0.395. The quantitative estimate of drug-likeness (QED) is 0.0830. The maximum atomic E-state index is 11.9. The molecule has 0 aliphatic carbocycles. The standard InChI is InChI=1S/C35H40O8/c1-3-40-32(36)22-18-28-10-14-30(15-11-28)20-24-34(38)42-26-8-6-5-7-9-27-43-35(39)25-21-31-16-12-29(13-17-31)19-23-33(37)41-4-2/h10-25H,3-9,26-27H2,1-2H3/b22-18+,23-19+,24-20+,25-21+. The Labute approximate surface area is 253 Å². The normalized spacial score (nSPS) is 11.4. The van der Waals surface area contributed by atoms with E-state index in [0.717, 1.165) is 54.4 Å². The first-order chi connectivity index (χ1) is 20.9. The van der Waals surface area contributed by atoms with E-state index in [1.54, 1.807) is 38.2 Å². The fraction of sp³-hybridized carbons (Fsp3) is 0.314. The van der Waals surface area contributed by atoms with Crippen LogP contribution in [0.25, 0.3) is 24.3 Å². The van der Waals surface area contributed by atoms with Crippen molar-refractivity contribution < 1.29 is 38.1 Å². The molecule has 0 atom stereocenters. The average Bonchev–Trinajstić information content (AvgIpc) is 3.01. The smallest absolute Gasteiger partial charge is 0.330 e. The van der Waals surface area contributed by atoms with Gasteiger partial charge in [0, 0.05) is 24.3 Å². The predicted octanol–water partition coefficient (Wildman–Crippen LogP) is 6.60. The molecule has 2 aromatic rings. The SMILES string of the molecule is CCOC(=O)/C=C/c1ccc(/C=C/C(=O)OCCCCCCCOC(=O)/C=C/c2ccc(/C=C/C(=O)OCC)cc2)cc1. The number of hydrogen-bond acceptors (Lipinski definition) is 8. The van der Waals surface area contributed by atoms with Gasteiger partial charge in [0.15, 0.2) is 0 Å². The Hall–Kier alpha value is -4.72. The lowest BCUT2D eigenvalue weighted by atomic mass is 10.1. The van der Waals surface area contributed by atoms with Crippen molar-refractivity contribution in [3.63, 3.8) is 0 Å². The van der Waals surface area contributed by atoms with Crippen LogP contribution in [0.1, 0.15) is 68.2 Å². The summed E-state index contributed by atoms with van der Waals surface area (Å²) in [5, 5.41) is 0.